The van der Waals surface area contributed by atoms with E-state index >= 15 is 0 Å². The summed E-state index contributed by atoms with van der Waals surface area (Å²) in [6.07, 6.45) is 1.73. The number of carbonyl (C=O) groups is 1. The summed E-state index contributed by atoms with van der Waals surface area (Å²) in [6.45, 7) is 2.54. The third-order valence-corrected chi connectivity index (χ3v) is 3.72. The Balaban J connectivity index is 1.95. The van der Waals surface area contributed by atoms with Crippen LogP contribution in [0, 0.1) is 0 Å². The Labute approximate surface area is 98.7 Å². The van der Waals surface area contributed by atoms with Crippen molar-refractivity contribution in [1.29, 1.82) is 0 Å². The van der Waals surface area contributed by atoms with Crippen molar-refractivity contribution in [3.63, 3.8) is 0 Å². The smallest absolute Gasteiger partial charge is 0.249 e. The Kier molecular flexibility index (Phi) is 3.58. The zero-order valence-electron chi connectivity index (χ0n) is 9.06. The Morgan fingerprint density at radius 2 is 2.50 bits per heavy atom. The number of piperidine rings is 1. The molecule has 2 heterocycles. The lowest BCUT2D eigenvalue weighted by molar-refractivity contribution is 0.0673. The summed E-state index contributed by atoms with van der Waals surface area (Å²) in [5, 5.41) is 11.3. The van der Waals surface area contributed by atoms with Gasteiger partial charge in [0.05, 0.1) is 11.7 Å². The predicted octanol–water partition coefficient (Wildman–Crippen LogP) is 0.804. The van der Waals surface area contributed by atoms with E-state index in [2.05, 4.69) is 4.90 Å². The number of thiophene rings is 1. The van der Waals surface area contributed by atoms with Crippen molar-refractivity contribution < 1.29 is 9.90 Å². The molecule has 1 aromatic rings. The SMILES string of the molecule is NC(=O)c1csc(CN2CCCC(O)C2)c1. The van der Waals surface area contributed by atoms with Crippen LogP contribution in [0.2, 0.25) is 0 Å². The minimum atomic E-state index is -0.374. The molecule has 0 aliphatic carbocycles. The molecule has 4 nitrogen and oxygen atoms in total. The van der Waals surface area contributed by atoms with Gasteiger partial charge in [-0.05, 0) is 25.5 Å². The first kappa shape index (κ1) is 11.6. The molecular weight excluding hydrogens is 224 g/mol. The van der Waals surface area contributed by atoms with E-state index in [1.165, 1.54) is 0 Å². The molecule has 1 fully saturated rings. The minimum Gasteiger partial charge on any atom is -0.392 e. The van der Waals surface area contributed by atoms with Gasteiger partial charge in [0.1, 0.15) is 0 Å². The number of amides is 1. The third kappa shape index (κ3) is 2.81. The molecular formula is C11H16N2O2S. The first-order valence-corrected chi connectivity index (χ1v) is 6.31. The lowest BCUT2D eigenvalue weighted by Crippen LogP contribution is -2.37. The fraction of sp³-hybridized carbons (Fsp3) is 0.545. The van der Waals surface area contributed by atoms with E-state index in [-0.39, 0.29) is 12.0 Å². The second kappa shape index (κ2) is 4.95. The van der Waals surface area contributed by atoms with E-state index in [0.717, 1.165) is 37.4 Å². The summed E-state index contributed by atoms with van der Waals surface area (Å²) in [5.41, 5.74) is 5.78. The van der Waals surface area contributed by atoms with E-state index in [1.807, 2.05) is 6.07 Å². The highest BCUT2D eigenvalue weighted by molar-refractivity contribution is 7.10. The number of β-amino-alcohol motifs (C(OH)–C–C–N with tert-alkyl or cyclic N) is 1. The van der Waals surface area contributed by atoms with E-state index in [9.17, 15) is 9.90 Å². The van der Waals surface area contributed by atoms with Gasteiger partial charge in [0.15, 0.2) is 0 Å². The van der Waals surface area contributed by atoms with Crippen LogP contribution in [0.5, 0.6) is 0 Å². The predicted molar refractivity (Wildman–Crippen MR) is 63.4 cm³/mol. The lowest BCUT2D eigenvalue weighted by Gasteiger charge is -2.29. The van der Waals surface area contributed by atoms with Crippen LogP contribution in [0.1, 0.15) is 28.1 Å². The molecule has 1 aromatic heterocycles. The molecule has 0 bridgehead atoms. The van der Waals surface area contributed by atoms with Gasteiger partial charge in [0.2, 0.25) is 5.91 Å². The molecule has 0 aromatic carbocycles. The molecule has 5 heteroatoms. The van der Waals surface area contributed by atoms with Crippen molar-refractivity contribution in [3.8, 4) is 0 Å². The summed E-state index contributed by atoms with van der Waals surface area (Å²) < 4.78 is 0. The molecule has 88 valence electrons. The molecule has 1 saturated heterocycles. The number of nitrogens with two attached hydrogens (primary N) is 1. The third-order valence-electron chi connectivity index (χ3n) is 2.80. The number of aliphatic hydroxyl groups excluding tert-OH is 1. The van der Waals surface area contributed by atoms with Gasteiger partial charge in [0.25, 0.3) is 0 Å². The van der Waals surface area contributed by atoms with Gasteiger partial charge < -0.3 is 10.8 Å². The molecule has 0 spiro atoms. The number of primary amides is 1. The first-order chi connectivity index (χ1) is 7.65. The summed E-state index contributed by atoms with van der Waals surface area (Å²) in [6, 6.07) is 1.84. The molecule has 0 radical (unpaired) electrons. The van der Waals surface area contributed by atoms with Crippen LogP contribution < -0.4 is 5.73 Å². The van der Waals surface area contributed by atoms with Gasteiger partial charge in [-0.3, -0.25) is 9.69 Å². The summed E-state index contributed by atoms with van der Waals surface area (Å²) in [5.74, 6) is -0.374. The second-order valence-electron chi connectivity index (χ2n) is 4.20. The summed E-state index contributed by atoms with van der Waals surface area (Å²) >= 11 is 1.55. The van der Waals surface area contributed by atoms with E-state index in [4.69, 9.17) is 5.73 Å². The zero-order valence-corrected chi connectivity index (χ0v) is 9.87. The number of rotatable bonds is 3. The number of likely N-dealkylation sites (tertiary alicyclic amines) is 1. The molecule has 1 aliphatic heterocycles. The van der Waals surface area contributed by atoms with Crippen molar-refractivity contribution in [2.75, 3.05) is 13.1 Å². The first-order valence-electron chi connectivity index (χ1n) is 5.43. The van der Waals surface area contributed by atoms with Gasteiger partial charge in [-0.25, -0.2) is 0 Å². The van der Waals surface area contributed by atoms with E-state index in [0.29, 0.717) is 5.56 Å². The Morgan fingerprint density at radius 1 is 1.69 bits per heavy atom. The van der Waals surface area contributed by atoms with Crippen LogP contribution in [0.15, 0.2) is 11.4 Å². The largest absolute Gasteiger partial charge is 0.392 e. The molecule has 1 aliphatic rings. The molecule has 1 atom stereocenters. The van der Waals surface area contributed by atoms with Crippen LogP contribution in [0.25, 0.3) is 0 Å². The minimum absolute atomic E-state index is 0.204. The average Bonchev–Trinajstić information content (AvgIpc) is 2.66. The highest BCUT2D eigenvalue weighted by atomic mass is 32.1. The van der Waals surface area contributed by atoms with Gasteiger partial charge in [-0.1, -0.05) is 0 Å². The monoisotopic (exact) mass is 240 g/mol. The fourth-order valence-electron chi connectivity index (χ4n) is 1.99. The van der Waals surface area contributed by atoms with Gasteiger partial charge >= 0.3 is 0 Å². The maximum atomic E-state index is 10.9. The molecule has 2 rings (SSSR count). The number of hydrogen-bond donors (Lipinski definition) is 2. The second-order valence-corrected chi connectivity index (χ2v) is 5.19. The van der Waals surface area contributed by atoms with Crippen molar-refractivity contribution in [3.05, 3.63) is 21.9 Å². The van der Waals surface area contributed by atoms with Crippen molar-refractivity contribution in [1.82, 2.24) is 4.90 Å². The van der Waals surface area contributed by atoms with Gasteiger partial charge in [-0.15, -0.1) is 11.3 Å². The fourth-order valence-corrected chi connectivity index (χ4v) is 2.90. The van der Waals surface area contributed by atoms with E-state index in [1.54, 1.807) is 16.7 Å². The number of aliphatic hydroxyl groups is 1. The highest BCUT2D eigenvalue weighted by Crippen LogP contribution is 2.19. The maximum absolute atomic E-state index is 10.9. The van der Waals surface area contributed by atoms with Crippen LogP contribution in [0.3, 0.4) is 0 Å². The van der Waals surface area contributed by atoms with Crippen LogP contribution in [0.4, 0.5) is 0 Å². The van der Waals surface area contributed by atoms with Crippen LogP contribution in [-0.4, -0.2) is 35.1 Å². The summed E-state index contributed by atoms with van der Waals surface area (Å²) in [7, 11) is 0. The molecule has 0 saturated carbocycles. The standard InChI is InChI=1S/C11H16N2O2S/c12-11(15)8-4-10(16-7-8)6-13-3-1-2-9(14)5-13/h4,7,9,14H,1-3,5-6H2,(H2,12,15). The van der Waals surface area contributed by atoms with Crippen molar-refractivity contribution in [2.24, 2.45) is 5.73 Å². The zero-order chi connectivity index (χ0) is 11.5. The molecule has 3 N–H and O–H groups in total. The number of nitrogens with zero attached hydrogens (tertiary/aromatic N) is 1. The number of carbonyl (C=O) groups excluding carboxylic acids is 1. The van der Waals surface area contributed by atoms with Gasteiger partial charge in [0, 0.05) is 23.3 Å². The quantitative estimate of drug-likeness (QED) is 0.821. The van der Waals surface area contributed by atoms with E-state index < -0.39 is 0 Å². The highest BCUT2D eigenvalue weighted by Gasteiger charge is 2.18. The Bertz CT molecular complexity index is 378. The topological polar surface area (TPSA) is 66.6 Å². The van der Waals surface area contributed by atoms with Crippen LogP contribution in [-0.2, 0) is 6.54 Å². The number of hydrogen-bond acceptors (Lipinski definition) is 4. The van der Waals surface area contributed by atoms with Crippen molar-refractivity contribution in [2.45, 2.75) is 25.5 Å². The summed E-state index contributed by atoms with van der Waals surface area (Å²) in [4.78, 5) is 14.3. The van der Waals surface area contributed by atoms with Crippen molar-refractivity contribution >= 4 is 17.2 Å². The molecule has 16 heavy (non-hydrogen) atoms. The normalized spacial score (nSPS) is 22.2. The Morgan fingerprint density at radius 3 is 3.12 bits per heavy atom. The van der Waals surface area contributed by atoms with Crippen LogP contribution >= 0.6 is 11.3 Å². The lowest BCUT2D eigenvalue weighted by atomic mass is 10.1. The van der Waals surface area contributed by atoms with Gasteiger partial charge in [-0.2, -0.15) is 0 Å². The average molecular weight is 240 g/mol. The maximum Gasteiger partial charge on any atom is 0.249 e. The molecule has 1 amide bonds. The molecule has 1 unspecified atom stereocenters. The Hall–Kier alpha value is -0.910.